The maximum absolute atomic E-state index is 12.7. The van der Waals surface area contributed by atoms with E-state index in [1.807, 2.05) is 13.8 Å². The Morgan fingerprint density at radius 2 is 1.69 bits per heavy atom. The van der Waals surface area contributed by atoms with Gasteiger partial charge in [-0.25, -0.2) is 8.78 Å². The van der Waals surface area contributed by atoms with Crippen LogP contribution in [0.2, 0.25) is 0 Å². The molecule has 0 aromatic heterocycles. The Labute approximate surface area is 77.7 Å². The molecule has 2 rings (SSSR count). The van der Waals surface area contributed by atoms with Gasteiger partial charge in [-0.05, 0) is 38.0 Å². The number of halogens is 2. The van der Waals surface area contributed by atoms with E-state index in [4.69, 9.17) is 5.73 Å². The van der Waals surface area contributed by atoms with Crippen molar-refractivity contribution in [3.05, 3.63) is 0 Å². The van der Waals surface area contributed by atoms with Crippen molar-refractivity contribution in [3.63, 3.8) is 0 Å². The second-order valence-corrected chi connectivity index (χ2v) is 5.34. The first-order chi connectivity index (χ1) is 5.77. The first-order valence-corrected chi connectivity index (χ1v) is 4.94. The number of nitrogens with two attached hydrogens (primary N) is 1. The van der Waals surface area contributed by atoms with Gasteiger partial charge in [0, 0.05) is 18.4 Å². The van der Waals surface area contributed by atoms with E-state index in [0.29, 0.717) is 0 Å². The molecule has 2 aliphatic carbocycles. The summed E-state index contributed by atoms with van der Waals surface area (Å²) in [4.78, 5) is 0. The van der Waals surface area contributed by atoms with Crippen molar-refractivity contribution < 1.29 is 8.78 Å². The van der Waals surface area contributed by atoms with Crippen molar-refractivity contribution in [1.29, 1.82) is 0 Å². The summed E-state index contributed by atoms with van der Waals surface area (Å²) < 4.78 is 25.4. The van der Waals surface area contributed by atoms with Crippen molar-refractivity contribution in [2.75, 3.05) is 0 Å². The average molecular weight is 189 g/mol. The van der Waals surface area contributed by atoms with Crippen molar-refractivity contribution >= 4 is 0 Å². The standard InChI is InChI=1S/C10H17F2N/c1-8(2,13)9(3-4-9)7-5-10(11,12)6-7/h7H,3-6,13H2,1-2H3. The van der Waals surface area contributed by atoms with Gasteiger partial charge in [-0.15, -0.1) is 0 Å². The third kappa shape index (κ3) is 1.28. The zero-order valence-corrected chi connectivity index (χ0v) is 8.24. The van der Waals surface area contributed by atoms with E-state index < -0.39 is 5.92 Å². The topological polar surface area (TPSA) is 26.0 Å². The van der Waals surface area contributed by atoms with Crippen LogP contribution in [-0.4, -0.2) is 11.5 Å². The lowest BCUT2D eigenvalue weighted by molar-refractivity contribution is -0.138. The van der Waals surface area contributed by atoms with Gasteiger partial charge >= 0.3 is 0 Å². The van der Waals surface area contributed by atoms with Gasteiger partial charge in [-0.1, -0.05) is 0 Å². The van der Waals surface area contributed by atoms with Gasteiger partial charge in [0.1, 0.15) is 0 Å². The van der Waals surface area contributed by atoms with Gasteiger partial charge in [0.05, 0.1) is 0 Å². The van der Waals surface area contributed by atoms with E-state index in [1.165, 1.54) is 0 Å². The number of hydrogen-bond donors (Lipinski definition) is 1. The number of alkyl halides is 2. The molecule has 0 aromatic carbocycles. The summed E-state index contributed by atoms with van der Waals surface area (Å²) in [6.07, 6.45) is 2.20. The Morgan fingerprint density at radius 3 is 1.92 bits per heavy atom. The van der Waals surface area contributed by atoms with E-state index in [1.54, 1.807) is 0 Å². The third-order valence-electron chi connectivity index (χ3n) is 3.94. The summed E-state index contributed by atoms with van der Waals surface area (Å²) >= 11 is 0. The molecule has 76 valence electrons. The third-order valence-corrected chi connectivity index (χ3v) is 3.94. The lowest BCUT2D eigenvalue weighted by Crippen LogP contribution is -2.52. The Kier molecular flexibility index (Phi) is 1.62. The van der Waals surface area contributed by atoms with Gasteiger partial charge < -0.3 is 5.73 Å². The van der Waals surface area contributed by atoms with Gasteiger partial charge in [0.2, 0.25) is 5.92 Å². The predicted octanol–water partition coefficient (Wildman–Crippen LogP) is 2.55. The van der Waals surface area contributed by atoms with E-state index >= 15 is 0 Å². The van der Waals surface area contributed by atoms with Gasteiger partial charge in [0.25, 0.3) is 0 Å². The Hall–Kier alpha value is -0.180. The first-order valence-electron chi connectivity index (χ1n) is 4.94. The average Bonchev–Trinajstić information content (AvgIpc) is 2.57. The molecule has 0 bridgehead atoms. The zero-order chi connectivity index (χ0) is 9.91. The molecule has 0 unspecified atom stereocenters. The maximum Gasteiger partial charge on any atom is 0.248 e. The molecular weight excluding hydrogens is 172 g/mol. The predicted molar refractivity (Wildman–Crippen MR) is 47.6 cm³/mol. The van der Waals surface area contributed by atoms with E-state index in [9.17, 15) is 8.78 Å². The van der Waals surface area contributed by atoms with Gasteiger partial charge in [-0.2, -0.15) is 0 Å². The molecule has 2 fully saturated rings. The normalized spacial score (nSPS) is 31.2. The highest BCUT2D eigenvalue weighted by molar-refractivity contribution is 5.14. The molecule has 0 aromatic rings. The molecule has 0 spiro atoms. The fraction of sp³-hybridized carbons (Fsp3) is 1.00. The monoisotopic (exact) mass is 189 g/mol. The van der Waals surface area contributed by atoms with E-state index in [2.05, 4.69) is 0 Å². The van der Waals surface area contributed by atoms with Crippen LogP contribution in [0, 0.1) is 11.3 Å². The smallest absolute Gasteiger partial charge is 0.248 e. The molecule has 1 nitrogen and oxygen atoms in total. The molecule has 13 heavy (non-hydrogen) atoms. The molecule has 0 atom stereocenters. The molecule has 2 N–H and O–H groups in total. The molecule has 0 heterocycles. The summed E-state index contributed by atoms with van der Waals surface area (Å²) in [5.41, 5.74) is 5.78. The molecule has 0 aliphatic heterocycles. The van der Waals surface area contributed by atoms with Crippen molar-refractivity contribution in [3.8, 4) is 0 Å². The van der Waals surface area contributed by atoms with Crippen LogP contribution in [0.3, 0.4) is 0 Å². The second kappa shape index (κ2) is 2.25. The minimum absolute atomic E-state index is 0.0364. The zero-order valence-electron chi connectivity index (χ0n) is 8.24. The minimum Gasteiger partial charge on any atom is -0.325 e. The Bertz CT molecular complexity index is 218. The minimum atomic E-state index is -2.40. The van der Waals surface area contributed by atoms with Crippen molar-refractivity contribution in [1.82, 2.24) is 0 Å². The maximum atomic E-state index is 12.7. The molecule has 2 saturated carbocycles. The summed E-state index contributed by atoms with van der Waals surface area (Å²) in [5, 5.41) is 0. The highest BCUT2D eigenvalue weighted by Gasteiger charge is 2.64. The molecular formula is C10H17F2N. The fourth-order valence-electron chi connectivity index (χ4n) is 2.77. The summed E-state index contributed by atoms with van der Waals surface area (Å²) in [6.45, 7) is 3.94. The highest BCUT2D eigenvalue weighted by atomic mass is 19.3. The van der Waals surface area contributed by atoms with Crippen molar-refractivity contribution in [2.45, 2.75) is 51.0 Å². The molecule has 3 heteroatoms. The van der Waals surface area contributed by atoms with Crippen LogP contribution in [0.25, 0.3) is 0 Å². The van der Waals surface area contributed by atoms with E-state index in [0.717, 1.165) is 12.8 Å². The van der Waals surface area contributed by atoms with Crippen LogP contribution in [0.15, 0.2) is 0 Å². The number of hydrogen-bond acceptors (Lipinski definition) is 1. The van der Waals surface area contributed by atoms with Gasteiger partial charge in [-0.3, -0.25) is 0 Å². The second-order valence-electron chi connectivity index (χ2n) is 5.34. The van der Waals surface area contributed by atoms with Crippen LogP contribution in [-0.2, 0) is 0 Å². The summed E-state index contributed by atoms with van der Waals surface area (Å²) in [5.74, 6) is -2.23. The van der Waals surface area contributed by atoms with Crippen LogP contribution < -0.4 is 5.73 Å². The van der Waals surface area contributed by atoms with Crippen molar-refractivity contribution in [2.24, 2.45) is 17.1 Å². The van der Waals surface area contributed by atoms with E-state index in [-0.39, 0.29) is 29.7 Å². The van der Waals surface area contributed by atoms with Crippen LogP contribution in [0.4, 0.5) is 8.78 Å². The Morgan fingerprint density at radius 1 is 1.23 bits per heavy atom. The van der Waals surface area contributed by atoms with Gasteiger partial charge in [0.15, 0.2) is 0 Å². The molecule has 2 aliphatic rings. The van der Waals surface area contributed by atoms with Crippen LogP contribution in [0.1, 0.15) is 39.5 Å². The molecule has 0 radical (unpaired) electrons. The SMILES string of the molecule is CC(C)(N)C1(C2CC(F)(F)C2)CC1. The largest absolute Gasteiger partial charge is 0.325 e. The lowest BCUT2D eigenvalue weighted by Gasteiger charge is -2.46. The quantitative estimate of drug-likeness (QED) is 0.709. The lowest BCUT2D eigenvalue weighted by atomic mass is 9.64. The Balaban J connectivity index is 2.04. The summed E-state index contributed by atoms with van der Waals surface area (Å²) in [7, 11) is 0. The summed E-state index contributed by atoms with van der Waals surface area (Å²) in [6, 6.07) is 0. The first kappa shape index (κ1) is 9.38. The highest BCUT2D eigenvalue weighted by Crippen LogP contribution is 2.66. The van der Waals surface area contributed by atoms with Crippen LogP contribution >= 0.6 is 0 Å². The molecule has 0 amide bonds. The van der Waals surface area contributed by atoms with Crippen LogP contribution in [0.5, 0.6) is 0 Å². The number of rotatable bonds is 2. The molecule has 0 saturated heterocycles. The fourth-order valence-corrected chi connectivity index (χ4v) is 2.77.